The van der Waals surface area contributed by atoms with Crippen LogP contribution in [0.2, 0.25) is 0 Å². The first-order valence-corrected chi connectivity index (χ1v) is 6.92. The Morgan fingerprint density at radius 1 is 1.35 bits per heavy atom. The van der Waals surface area contributed by atoms with Crippen LogP contribution in [0.5, 0.6) is 0 Å². The minimum Gasteiger partial charge on any atom is -0.329 e. The number of hydrogen-bond donors (Lipinski definition) is 1. The second kappa shape index (κ2) is 5.52. The summed E-state index contributed by atoms with van der Waals surface area (Å²) in [5, 5.41) is 1.76. The zero-order valence-corrected chi connectivity index (χ0v) is 11.1. The van der Waals surface area contributed by atoms with E-state index in [1.54, 1.807) is 0 Å². The van der Waals surface area contributed by atoms with Crippen LogP contribution in [-0.4, -0.2) is 16.8 Å². The summed E-state index contributed by atoms with van der Waals surface area (Å²) in [6.07, 6.45) is 0. The molecular formula is C14H18N2S. The number of rotatable bonds is 4. The lowest BCUT2D eigenvalue weighted by atomic mass is 10.1. The van der Waals surface area contributed by atoms with E-state index in [2.05, 4.69) is 36.2 Å². The van der Waals surface area contributed by atoms with Crippen molar-refractivity contribution in [3.05, 3.63) is 41.6 Å². The summed E-state index contributed by atoms with van der Waals surface area (Å²) < 4.78 is 0. The summed E-state index contributed by atoms with van der Waals surface area (Å²) in [6, 6.07) is 10.5. The third-order valence-electron chi connectivity index (χ3n) is 2.79. The normalized spacial score (nSPS) is 12.9. The molecule has 3 heteroatoms. The number of aromatic nitrogens is 1. The van der Waals surface area contributed by atoms with Gasteiger partial charge in [-0.25, -0.2) is 0 Å². The van der Waals surface area contributed by atoms with Crippen molar-refractivity contribution in [3.63, 3.8) is 0 Å². The fraction of sp³-hybridized carbons (Fsp3) is 0.357. The van der Waals surface area contributed by atoms with Gasteiger partial charge in [0, 0.05) is 28.6 Å². The van der Waals surface area contributed by atoms with Crippen molar-refractivity contribution < 1.29 is 0 Å². The standard InChI is InChI=1S/C14H18N2S/c1-10-7-12(9-17-11(2)8-15)13-5-3-4-6-14(13)16-10/h3-7,11H,8-9,15H2,1-2H3. The fourth-order valence-corrected chi connectivity index (χ4v) is 2.65. The molecule has 0 aliphatic heterocycles. The van der Waals surface area contributed by atoms with Gasteiger partial charge in [0.2, 0.25) is 0 Å². The van der Waals surface area contributed by atoms with E-state index in [1.165, 1.54) is 10.9 Å². The molecule has 0 saturated carbocycles. The van der Waals surface area contributed by atoms with Crippen molar-refractivity contribution >= 4 is 22.7 Å². The Morgan fingerprint density at radius 2 is 2.12 bits per heavy atom. The van der Waals surface area contributed by atoms with E-state index in [0.29, 0.717) is 5.25 Å². The van der Waals surface area contributed by atoms with Crippen molar-refractivity contribution in [1.82, 2.24) is 4.98 Å². The molecule has 2 aromatic rings. The van der Waals surface area contributed by atoms with Crippen molar-refractivity contribution in [3.8, 4) is 0 Å². The number of pyridine rings is 1. The molecule has 0 amide bonds. The largest absolute Gasteiger partial charge is 0.329 e. The summed E-state index contributed by atoms with van der Waals surface area (Å²) in [5.74, 6) is 1.00. The minimum atomic E-state index is 0.502. The van der Waals surface area contributed by atoms with Crippen LogP contribution >= 0.6 is 11.8 Å². The quantitative estimate of drug-likeness (QED) is 0.901. The van der Waals surface area contributed by atoms with Crippen LogP contribution in [0.15, 0.2) is 30.3 Å². The molecule has 1 aromatic heterocycles. The second-order valence-corrected chi connectivity index (χ2v) is 5.72. The number of thioether (sulfide) groups is 1. The second-order valence-electron chi connectivity index (χ2n) is 4.30. The van der Waals surface area contributed by atoms with Gasteiger partial charge in [-0.05, 0) is 24.6 Å². The van der Waals surface area contributed by atoms with Crippen LogP contribution in [0.3, 0.4) is 0 Å². The third-order valence-corrected chi connectivity index (χ3v) is 4.02. The molecule has 0 saturated heterocycles. The molecule has 0 spiro atoms. The van der Waals surface area contributed by atoms with E-state index in [-0.39, 0.29) is 0 Å². The highest BCUT2D eigenvalue weighted by Gasteiger charge is 2.06. The Bertz CT molecular complexity index is 511. The maximum atomic E-state index is 5.65. The zero-order chi connectivity index (χ0) is 12.3. The molecule has 90 valence electrons. The Hall–Kier alpha value is -1.06. The number of para-hydroxylation sites is 1. The van der Waals surface area contributed by atoms with Gasteiger partial charge in [-0.3, -0.25) is 4.98 Å². The Kier molecular flexibility index (Phi) is 4.02. The molecule has 2 nitrogen and oxygen atoms in total. The number of aryl methyl sites for hydroxylation is 1. The molecule has 0 radical (unpaired) electrons. The van der Waals surface area contributed by atoms with E-state index in [1.807, 2.05) is 24.8 Å². The van der Waals surface area contributed by atoms with E-state index >= 15 is 0 Å². The SMILES string of the molecule is Cc1cc(CSC(C)CN)c2ccccc2n1. The molecule has 0 aliphatic rings. The van der Waals surface area contributed by atoms with Gasteiger partial charge in [0.25, 0.3) is 0 Å². The predicted molar refractivity (Wildman–Crippen MR) is 76.3 cm³/mol. The molecule has 0 aliphatic carbocycles. The van der Waals surface area contributed by atoms with Crippen LogP contribution in [0.25, 0.3) is 10.9 Å². The fourth-order valence-electron chi connectivity index (χ4n) is 1.81. The average Bonchev–Trinajstić information content (AvgIpc) is 2.35. The van der Waals surface area contributed by atoms with Crippen LogP contribution < -0.4 is 5.73 Å². The molecule has 1 atom stereocenters. The van der Waals surface area contributed by atoms with Crippen molar-refractivity contribution in [2.45, 2.75) is 24.9 Å². The minimum absolute atomic E-state index is 0.502. The molecule has 2 N–H and O–H groups in total. The lowest BCUT2D eigenvalue weighted by Crippen LogP contribution is -2.12. The van der Waals surface area contributed by atoms with Crippen LogP contribution in [-0.2, 0) is 5.75 Å². The average molecular weight is 246 g/mol. The van der Waals surface area contributed by atoms with Gasteiger partial charge in [0.1, 0.15) is 0 Å². The van der Waals surface area contributed by atoms with Crippen LogP contribution in [0.1, 0.15) is 18.2 Å². The first-order valence-electron chi connectivity index (χ1n) is 5.87. The predicted octanol–water partition coefficient (Wildman–Crippen LogP) is 3.12. The van der Waals surface area contributed by atoms with E-state index < -0.39 is 0 Å². The topological polar surface area (TPSA) is 38.9 Å². The van der Waals surface area contributed by atoms with Gasteiger partial charge >= 0.3 is 0 Å². The summed E-state index contributed by atoms with van der Waals surface area (Å²) in [4.78, 5) is 4.55. The van der Waals surface area contributed by atoms with Crippen LogP contribution in [0, 0.1) is 6.92 Å². The highest BCUT2D eigenvalue weighted by molar-refractivity contribution is 7.99. The first-order chi connectivity index (χ1) is 8.20. The van der Waals surface area contributed by atoms with Gasteiger partial charge in [0.05, 0.1) is 5.52 Å². The molecule has 0 bridgehead atoms. The van der Waals surface area contributed by atoms with E-state index in [0.717, 1.165) is 23.5 Å². The maximum Gasteiger partial charge on any atom is 0.0708 e. The summed E-state index contributed by atoms with van der Waals surface area (Å²) >= 11 is 1.90. The monoisotopic (exact) mass is 246 g/mol. The number of nitrogens with two attached hydrogens (primary N) is 1. The highest BCUT2D eigenvalue weighted by atomic mass is 32.2. The number of hydrogen-bond acceptors (Lipinski definition) is 3. The van der Waals surface area contributed by atoms with Gasteiger partial charge < -0.3 is 5.73 Å². The lowest BCUT2D eigenvalue weighted by Gasteiger charge is -2.11. The van der Waals surface area contributed by atoms with Crippen molar-refractivity contribution in [2.75, 3.05) is 6.54 Å². The molecule has 1 heterocycles. The number of fused-ring (bicyclic) bond motifs is 1. The summed E-state index contributed by atoms with van der Waals surface area (Å²) in [5.41, 5.74) is 9.17. The molecule has 2 rings (SSSR count). The highest BCUT2D eigenvalue weighted by Crippen LogP contribution is 2.24. The summed E-state index contributed by atoms with van der Waals surface area (Å²) in [7, 11) is 0. The third kappa shape index (κ3) is 2.99. The van der Waals surface area contributed by atoms with Gasteiger partial charge in [-0.2, -0.15) is 11.8 Å². The van der Waals surface area contributed by atoms with Gasteiger partial charge in [-0.15, -0.1) is 0 Å². The van der Waals surface area contributed by atoms with Gasteiger partial charge in [-0.1, -0.05) is 25.1 Å². The van der Waals surface area contributed by atoms with Crippen molar-refractivity contribution in [1.29, 1.82) is 0 Å². The molecule has 17 heavy (non-hydrogen) atoms. The molecular weight excluding hydrogens is 228 g/mol. The van der Waals surface area contributed by atoms with Crippen LogP contribution in [0.4, 0.5) is 0 Å². The van der Waals surface area contributed by atoms with E-state index in [4.69, 9.17) is 5.73 Å². The molecule has 1 aromatic carbocycles. The van der Waals surface area contributed by atoms with E-state index in [9.17, 15) is 0 Å². The Balaban J connectivity index is 2.32. The lowest BCUT2D eigenvalue weighted by molar-refractivity contribution is 0.951. The zero-order valence-electron chi connectivity index (χ0n) is 10.3. The Labute approximate surface area is 107 Å². The summed E-state index contributed by atoms with van der Waals surface area (Å²) in [6.45, 7) is 4.94. The van der Waals surface area contributed by atoms with Gasteiger partial charge in [0.15, 0.2) is 0 Å². The molecule has 1 unspecified atom stereocenters. The smallest absolute Gasteiger partial charge is 0.0708 e. The van der Waals surface area contributed by atoms with Crippen molar-refractivity contribution in [2.24, 2.45) is 5.73 Å². The first kappa shape index (κ1) is 12.4. The maximum absolute atomic E-state index is 5.65. The number of nitrogens with zero attached hydrogens (tertiary/aromatic N) is 1. The Morgan fingerprint density at radius 3 is 2.88 bits per heavy atom. The number of benzene rings is 1. The molecule has 0 fully saturated rings.